The van der Waals surface area contributed by atoms with E-state index in [1.54, 1.807) is 0 Å². The third kappa shape index (κ3) is 2.19. The highest BCUT2D eigenvalue weighted by atomic mass is 16.5. The largest absolute Gasteiger partial charge is 0.496 e. The Labute approximate surface area is 111 Å². The average molecular weight is 250 g/mol. The third-order valence-corrected chi connectivity index (χ3v) is 5.07. The standard InChI is InChI=1S/C15H26N2O/c1-3-16-15(14-5-4-8-18-14)11-9-12-6-7-13(10-11)17(12)2/h5,11-13,15-16H,3-4,6-10H2,1-2H3. The summed E-state index contributed by atoms with van der Waals surface area (Å²) >= 11 is 0. The van der Waals surface area contributed by atoms with Crippen molar-refractivity contribution in [3.05, 3.63) is 11.8 Å². The number of hydrogen-bond donors (Lipinski definition) is 1. The Hall–Kier alpha value is -0.540. The molecule has 1 N–H and O–H groups in total. The summed E-state index contributed by atoms with van der Waals surface area (Å²) in [4.78, 5) is 2.61. The molecular formula is C15H26N2O. The molecule has 3 aliphatic rings. The lowest BCUT2D eigenvalue weighted by molar-refractivity contribution is 0.101. The molecule has 0 amide bonds. The van der Waals surface area contributed by atoms with Crippen molar-refractivity contribution in [2.45, 2.75) is 57.2 Å². The average Bonchev–Trinajstić information content (AvgIpc) is 2.94. The monoisotopic (exact) mass is 250 g/mol. The van der Waals surface area contributed by atoms with Gasteiger partial charge in [0.15, 0.2) is 0 Å². The van der Waals surface area contributed by atoms with Gasteiger partial charge in [-0.2, -0.15) is 0 Å². The quantitative estimate of drug-likeness (QED) is 0.827. The lowest BCUT2D eigenvalue weighted by Gasteiger charge is -2.40. The molecule has 0 aliphatic carbocycles. The highest BCUT2D eigenvalue weighted by molar-refractivity contribution is 5.11. The van der Waals surface area contributed by atoms with Crippen LogP contribution in [-0.4, -0.2) is 43.2 Å². The number of rotatable bonds is 4. The Morgan fingerprint density at radius 3 is 2.67 bits per heavy atom. The first-order valence-electron chi connectivity index (χ1n) is 7.57. The van der Waals surface area contributed by atoms with Crippen molar-refractivity contribution in [1.82, 2.24) is 10.2 Å². The molecule has 3 aliphatic heterocycles. The second-order valence-electron chi connectivity index (χ2n) is 6.06. The van der Waals surface area contributed by atoms with Crippen LogP contribution in [-0.2, 0) is 4.74 Å². The van der Waals surface area contributed by atoms with Crippen LogP contribution in [0, 0.1) is 5.92 Å². The second kappa shape index (κ2) is 5.22. The van der Waals surface area contributed by atoms with Crippen molar-refractivity contribution in [2.24, 2.45) is 5.92 Å². The van der Waals surface area contributed by atoms with Crippen molar-refractivity contribution in [3.8, 4) is 0 Å². The fourth-order valence-electron chi connectivity index (χ4n) is 4.10. The van der Waals surface area contributed by atoms with Gasteiger partial charge in [-0.25, -0.2) is 0 Å². The van der Waals surface area contributed by atoms with Gasteiger partial charge < -0.3 is 15.0 Å². The molecule has 0 aromatic heterocycles. The number of likely N-dealkylation sites (N-methyl/N-ethyl adjacent to an activating group) is 1. The Balaban J connectivity index is 1.71. The zero-order valence-corrected chi connectivity index (χ0v) is 11.7. The minimum absolute atomic E-state index is 0.467. The highest BCUT2D eigenvalue weighted by Gasteiger charge is 2.42. The first kappa shape index (κ1) is 12.5. The summed E-state index contributed by atoms with van der Waals surface area (Å²) in [7, 11) is 2.31. The zero-order chi connectivity index (χ0) is 12.5. The van der Waals surface area contributed by atoms with Crippen LogP contribution in [0.25, 0.3) is 0 Å². The maximum Gasteiger partial charge on any atom is 0.109 e. The number of piperidine rings is 1. The summed E-state index contributed by atoms with van der Waals surface area (Å²) in [5, 5.41) is 3.67. The van der Waals surface area contributed by atoms with Gasteiger partial charge in [-0.1, -0.05) is 6.92 Å². The van der Waals surface area contributed by atoms with E-state index in [1.165, 1.54) is 31.4 Å². The Morgan fingerprint density at radius 2 is 2.11 bits per heavy atom. The van der Waals surface area contributed by atoms with Crippen LogP contribution in [0.2, 0.25) is 0 Å². The van der Waals surface area contributed by atoms with E-state index in [1.807, 2.05) is 0 Å². The van der Waals surface area contributed by atoms with Gasteiger partial charge in [0.25, 0.3) is 0 Å². The first-order valence-corrected chi connectivity index (χ1v) is 7.57. The summed E-state index contributed by atoms with van der Waals surface area (Å²) in [5.41, 5.74) is 0. The minimum Gasteiger partial charge on any atom is -0.496 e. The topological polar surface area (TPSA) is 24.5 Å². The molecule has 2 bridgehead atoms. The normalized spacial score (nSPS) is 37.4. The molecule has 3 heterocycles. The van der Waals surface area contributed by atoms with Crippen LogP contribution in [0.1, 0.15) is 39.0 Å². The molecule has 102 valence electrons. The Kier molecular flexibility index (Phi) is 3.62. The van der Waals surface area contributed by atoms with Gasteiger partial charge in [-0.3, -0.25) is 0 Å². The third-order valence-electron chi connectivity index (χ3n) is 5.07. The Morgan fingerprint density at radius 1 is 1.39 bits per heavy atom. The van der Waals surface area contributed by atoms with Gasteiger partial charge >= 0.3 is 0 Å². The van der Waals surface area contributed by atoms with E-state index in [4.69, 9.17) is 4.74 Å². The predicted molar refractivity (Wildman–Crippen MR) is 73.4 cm³/mol. The maximum absolute atomic E-state index is 5.82. The lowest BCUT2D eigenvalue weighted by atomic mass is 9.84. The smallest absolute Gasteiger partial charge is 0.109 e. The summed E-state index contributed by atoms with van der Waals surface area (Å²) < 4.78 is 5.82. The molecule has 0 aromatic rings. The second-order valence-corrected chi connectivity index (χ2v) is 6.06. The Bertz CT molecular complexity index is 314. The molecule has 3 heteroatoms. The predicted octanol–water partition coefficient (Wildman–Crippen LogP) is 2.14. The highest BCUT2D eigenvalue weighted by Crippen LogP contribution is 2.40. The van der Waals surface area contributed by atoms with E-state index >= 15 is 0 Å². The van der Waals surface area contributed by atoms with Crippen LogP contribution in [0.3, 0.4) is 0 Å². The van der Waals surface area contributed by atoms with E-state index < -0.39 is 0 Å². The molecule has 2 saturated heterocycles. The van der Waals surface area contributed by atoms with Gasteiger partial charge in [-0.15, -0.1) is 0 Å². The molecule has 3 rings (SSSR count). The molecule has 3 nitrogen and oxygen atoms in total. The molecule has 3 atom stereocenters. The molecule has 0 saturated carbocycles. The number of hydrogen-bond acceptors (Lipinski definition) is 3. The zero-order valence-electron chi connectivity index (χ0n) is 11.7. The molecular weight excluding hydrogens is 224 g/mol. The van der Waals surface area contributed by atoms with Gasteiger partial charge in [-0.05, 0) is 51.3 Å². The van der Waals surface area contributed by atoms with E-state index in [0.717, 1.165) is 37.6 Å². The molecule has 18 heavy (non-hydrogen) atoms. The number of fused-ring (bicyclic) bond motifs is 2. The van der Waals surface area contributed by atoms with Gasteiger partial charge in [0, 0.05) is 18.5 Å². The van der Waals surface area contributed by atoms with Crippen LogP contribution in [0.5, 0.6) is 0 Å². The van der Waals surface area contributed by atoms with E-state index in [9.17, 15) is 0 Å². The summed E-state index contributed by atoms with van der Waals surface area (Å²) in [5.74, 6) is 1.99. The van der Waals surface area contributed by atoms with Crippen LogP contribution >= 0.6 is 0 Å². The van der Waals surface area contributed by atoms with E-state index in [0.29, 0.717) is 6.04 Å². The van der Waals surface area contributed by atoms with Crippen molar-refractivity contribution < 1.29 is 4.74 Å². The van der Waals surface area contributed by atoms with Crippen LogP contribution < -0.4 is 5.32 Å². The maximum atomic E-state index is 5.82. The fraction of sp³-hybridized carbons (Fsp3) is 0.867. The van der Waals surface area contributed by atoms with Gasteiger partial charge in [0.1, 0.15) is 5.76 Å². The van der Waals surface area contributed by atoms with Crippen molar-refractivity contribution in [2.75, 3.05) is 20.2 Å². The summed E-state index contributed by atoms with van der Waals surface area (Å²) in [6.07, 6.45) is 8.87. The van der Waals surface area contributed by atoms with Crippen LogP contribution in [0.4, 0.5) is 0 Å². The van der Waals surface area contributed by atoms with Crippen molar-refractivity contribution in [1.29, 1.82) is 0 Å². The molecule has 0 spiro atoms. The lowest BCUT2D eigenvalue weighted by Crippen LogP contribution is -2.47. The molecule has 0 radical (unpaired) electrons. The SMILES string of the molecule is CCNC(C1=CCCO1)C1CC2CCC(C1)N2C. The molecule has 2 fully saturated rings. The summed E-state index contributed by atoms with van der Waals surface area (Å²) in [6.45, 7) is 4.12. The summed E-state index contributed by atoms with van der Waals surface area (Å²) in [6, 6.07) is 2.10. The van der Waals surface area contributed by atoms with Crippen molar-refractivity contribution in [3.63, 3.8) is 0 Å². The number of nitrogens with one attached hydrogen (secondary N) is 1. The van der Waals surface area contributed by atoms with Crippen LogP contribution in [0.15, 0.2) is 11.8 Å². The van der Waals surface area contributed by atoms with Crippen molar-refractivity contribution >= 4 is 0 Å². The molecule has 0 aromatic carbocycles. The van der Waals surface area contributed by atoms with Gasteiger partial charge in [0.2, 0.25) is 0 Å². The van der Waals surface area contributed by atoms with E-state index in [-0.39, 0.29) is 0 Å². The minimum atomic E-state index is 0.467. The fourth-order valence-corrected chi connectivity index (χ4v) is 4.10. The first-order chi connectivity index (χ1) is 8.79. The van der Waals surface area contributed by atoms with E-state index in [2.05, 4.69) is 30.3 Å². The van der Waals surface area contributed by atoms with Gasteiger partial charge in [0.05, 0.1) is 12.6 Å². The number of ether oxygens (including phenoxy) is 1. The number of nitrogens with zero attached hydrogens (tertiary/aromatic N) is 1. The molecule has 3 unspecified atom stereocenters.